The first-order valence-corrected chi connectivity index (χ1v) is 10.3. The molecule has 3 aromatic rings. The molecule has 0 unspecified atom stereocenters. The van der Waals surface area contributed by atoms with Gasteiger partial charge in [0.1, 0.15) is 0 Å². The Morgan fingerprint density at radius 2 is 1.70 bits per heavy atom. The predicted octanol–water partition coefficient (Wildman–Crippen LogP) is 2.99. The van der Waals surface area contributed by atoms with Crippen LogP contribution in [0, 0.1) is 0 Å². The van der Waals surface area contributed by atoms with Crippen molar-refractivity contribution in [3.63, 3.8) is 0 Å². The Bertz CT molecular complexity index is 1050. The van der Waals surface area contributed by atoms with Gasteiger partial charge in [0.15, 0.2) is 0 Å². The standard InChI is InChI=1S/C19H20N4O3S/c24-18(22-19-20-15-9-3-4-10-16(15)21-19)14-8-2-5-11-17(14)27(25,26)23-12-6-1-7-13-23/h2-5,8-11H,1,6-7,12-13H2,(H2,20,21,22,24). The lowest BCUT2D eigenvalue weighted by Gasteiger charge is -2.26. The fourth-order valence-electron chi connectivity index (χ4n) is 3.31. The number of carbonyl (C=O) groups is 1. The largest absolute Gasteiger partial charge is 0.324 e. The zero-order valence-corrected chi connectivity index (χ0v) is 15.5. The van der Waals surface area contributed by atoms with E-state index < -0.39 is 15.9 Å². The highest BCUT2D eigenvalue weighted by Gasteiger charge is 2.29. The molecule has 140 valence electrons. The number of piperidine rings is 1. The predicted molar refractivity (Wildman–Crippen MR) is 103 cm³/mol. The monoisotopic (exact) mass is 384 g/mol. The van der Waals surface area contributed by atoms with E-state index in [2.05, 4.69) is 15.3 Å². The fourth-order valence-corrected chi connectivity index (χ4v) is 5.02. The number of aromatic nitrogens is 2. The third-order valence-corrected chi connectivity index (χ3v) is 6.64. The summed E-state index contributed by atoms with van der Waals surface area (Å²) in [5, 5.41) is 2.67. The number of rotatable bonds is 4. The van der Waals surface area contributed by atoms with Crippen LogP contribution >= 0.6 is 0 Å². The van der Waals surface area contributed by atoms with E-state index in [1.165, 1.54) is 16.4 Å². The molecule has 1 aliphatic rings. The second kappa shape index (κ2) is 7.13. The van der Waals surface area contributed by atoms with Crippen LogP contribution in [0.4, 0.5) is 5.95 Å². The molecule has 1 aromatic heterocycles. The molecule has 0 saturated carbocycles. The number of carbonyl (C=O) groups excluding carboxylic acids is 1. The van der Waals surface area contributed by atoms with Crippen LogP contribution in [-0.2, 0) is 10.0 Å². The molecule has 7 nitrogen and oxygen atoms in total. The van der Waals surface area contributed by atoms with Crippen LogP contribution in [0.2, 0.25) is 0 Å². The van der Waals surface area contributed by atoms with Crippen molar-refractivity contribution in [2.24, 2.45) is 0 Å². The van der Waals surface area contributed by atoms with Gasteiger partial charge in [0.25, 0.3) is 5.91 Å². The van der Waals surface area contributed by atoms with Crippen LogP contribution in [0.5, 0.6) is 0 Å². The molecule has 0 radical (unpaired) electrons. The molecule has 0 spiro atoms. The van der Waals surface area contributed by atoms with Gasteiger partial charge in [0, 0.05) is 13.1 Å². The number of nitrogens with one attached hydrogen (secondary N) is 2. The molecule has 2 aromatic carbocycles. The van der Waals surface area contributed by atoms with Crippen LogP contribution in [0.3, 0.4) is 0 Å². The number of nitrogens with zero attached hydrogens (tertiary/aromatic N) is 2. The van der Waals surface area contributed by atoms with Crippen LogP contribution in [0.1, 0.15) is 29.6 Å². The molecule has 27 heavy (non-hydrogen) atoms. The molecule has 0 atom stereocenters. The fraction of sp³-hybridized carbons (Fsp3) is 0.263. The Hall–Kier alpha value is -2.71. The first-order chi connectivity index (χ1) is 13.1. The summed E-state index contributed by atoms with van der Waals surface area (Å²) in [5.74, 6) is -0.225. The Balaban J connectivity index is 1.64. The number of fused-ring (bicyclic) bond motifs is 1. The van der Waals surface area contributed by atoms with Crippen LogP contribution in [0.25, 0.3) is 11.0 Å². The van der Waals surface area contributed by atoms with E-state index in [9.17, 15) is 13.2 Å². The van der Waals surface area contributed by atoms with Gasteiger partial charge in [-0.25, -0.2) is 13.4 Å². The van der Waals surface area contributed by atoms with Crippen molar-refractivity contribution < 1.29 is 13.2 Å². The SMILES string of the molecule is O=C(Nc1nc2ccccc2[nH]1)c1ccccc1S(=O)(=O)N1CCCCC1. The number of benzene rings is 2. The summed E-state index contributed by atoms with van der Waals surface area (Å²) in [7, 11) is -3.71. The molecule has 0 aliphatic carbocycles. The highest BCUT2D eigenvalue weighted by atomic mass is 32.2. The van der Waals surface area contributed by atoms with Gasteiger partial charge in [0.05, 0.1) is 21.5 Å². The molecule has 1 saturated heterocycles. The smallest absolute Gasteiger partial charge is 0.259 e. The minimum Gasteiger partial charge on any atom is -0.324 e. The molecule has 8 heteroatoms. The van der Waals surface area contributed by atoms with Crippen molar-refractivity contribution >= 4 is 32.9 Å². The summed E-state index contributed by atoms with van der Waals surface area (Å²) in [4.78, 5) is 20.1. The number of sulfonamides is 1. The van der Waals surface area contributed by atoms with E-state index in [0.29, 0.717) is 13.1 Å². The van der Waals surface area contributed by atoms with Crippen molar-refractivity contribution in [2.45, 2.75) is 24.2 Å². The molecule has 2 N–H and O–H groups in total. The summed E-state index contributed by atoms with van der Waals surface area (Å²) in [6.07, 6.45) is 2.71. The molecule has 2 heterocycles. The Morgan fingerprint density at radius 3 is 2.48 bits per heavy atom. The average molecular weight is 384 g/mol. The Labute approximate surface area is 157 Å². The first-order valence-electron chi connectivity index (χ1n) is 8.91. The van der Waals surface area contributed by atoms with Crippen LogP contribution in [-0.4, -0.2) is 41.7 Å². The maximum atomic E-state index is 13.0. The van der Waals surface area contributed by atoms with Crippen molar-refractivity contribution in [2.75, 3.05) is 18.4 Å². The minimum atomic E-state index is -3.71. The Kier molecular flexibility index (Phi) is 4.67. The normalized spacial score (nSPS) is 15.7. The lowest BCUT2D eigenvalue weighted by Crippen LogP contribution is -2.36. The van der Waals surface area contributed by atoms with Gasteiger partial charge in [0.2, 0.25) is 16.0 Å². The molecular formula is C19H20N4O3S. The van der Waals surface area contributed by atoms with E-state index in [0.717, 1.165) is 30.3 Å². The molecule has 0 bridgehead atoms. The maximum Gasteiger partial charge on any atom is 0.259 e. The van der Waals surface area contributed by atoms with E-state index in [4.69, 9.17) is 0 Å². The van der Waals surface area contributed by atoms with Gasteiger partial charge in [-0.1, -0.05) is 30.7 Å². The number of hydrogen-bond acceptors (Lipinski definition) is 4. The first kappa shape index (κ1) is 17.7. The quantitative estimate of drug-likeness (QED) is 0.723. The number of hydrogen-bond donors (Lipinski definition) is 2. The number of imidazole rings is 1. The maximum absolute atomic E-state index is 13.0. The van der Waals surface area contributed by atoms with Gasteiger partial charge in [-0.05, 0) is 37.1 Å². The summed E-state index contributed by atoms with van der Waals surface area (Å²) in [6.45, 7) is 0.976. The van der Waals surface area contributed by atoms with E-state index >= 15 is 0 Å². The second-order valence-corrected chi connectivity index (χ2v) is 8.42. The van der Waals surface area contributed by atoms with Crippen LogP contribution < -0.4 is 5.32 Å². The number of aromatic amines is 1. The molecule has 1 fully saturated rings. The summed E-state index contributed by atoms with van der Waals surface area (Å²) in [5.41, 5.74) is 1.63. The van der Waals surface area contributed by atoms with Crippen LogP contribution in [0.15, 0.2) is 53.4 Å². The van der Waals surface area contributed by atoms with E-state index in [-0.39, 0.29) is 16.4 Å². The lowest BCUT2D eigenvalue weighted by atomic mass is 10.2. The van der Waals surface area contributed by atoms with E-state index in [1.807, 2.05) is 24.3 Å². The third-order valence-electron chi connectivity index (χ3n) is 4.69. The van der Waals surface area contributed by atoms with Gasteiger partial charge >= 0.3 is 0 Å². The zero-order chi connectivity index (χ0) is 18.9. The topological polar surface area (TPSA) is 95.2 Å². The van der Waals surface area contributed by atoms with Crippen molar-refractivity contribution in [1.82, 2.24) is 14.3 Å². The molecule has 1 aliphatic heterocycles. The van der Waals surface area contributed by atoms with Crippen molar-refractivity contribution in [1.29, 1.82) is 0 Å². The number of amides is 1. The number of para-hydroxylation sites is 2. The van der Waals surface area contributed by atoms with Gasteiger partial charge in [-0.2, -0.15) is 4.31 Å². The minimum absolute atomic E-state index is 0.0283. The Morgan fingerprint density at radius 1 is 1.00 bits per heavy atom. The number of anilines is 1. The van der Waals surface area contributed by atoms with Gasteiger partial charge < -0.3 is 4.98 Å². The van der Waals surface area contributed by atoms with Gasteiger partial charge in [-0.3, -0.25) is 10.1 Å². The van der Waals surface area contributed by atoms with Crippen molar-refractivity contribution in [3.8, 4) is 0 Å². The highest BCUT2D eigenvalue weighted by molar-refractivity contribution is 7.89. The van der Waals surface area contributed by atoms with E-state index in [1.54, 1.807) is 12.1 Å². The summed E-state index contributed by atoms with van der Waals surface area (Å²) in [6, 6.07) is 13.7. The molecule has 4 rings (SSSR count). The second-order valence-electron chi connectivity index (χ2n) is 6.52. The third kappa shape index (κ3) is 3.45. The van der Waals surface area contributed by atoms with Crippen molar-refractivity contribution in [3.05, 3.63) is 54.1 Å². The van der Waals surface area contributed by atoms with Gasteiger partial charge in [-0.15, -0.1) is 0 Å². The molecular weight excluding hydrogens is 364 g/mol. The number of H-pyrrole nitrogens is 1. The lowest BCUT2D eigenvalue weighted by molar-refractivity contribution is 0.102. The zero-order valence-electron chi connectivity index (χ0n) is 14.7. The average Bonchev–Trinajstić information content (AvgIpc) is 3.11. The summed E-state index contributed by atoms with van der Waals surface area (Å²) >= 11 is 0. The molecule has 1 amide bonds. The summed E-state index contributed by atoms with van der Waals surface area (Å²) < 4.78 is 27.5. The highest BCUT2D eigenvalue weighted by Crippen LogP contribution is 2.24.